The van der Waals surface area contributed by atoms with E-state index in [9.17, 15) is 9.59 Å². The topological polar surface area (TPSA) is 71.3 Å². The number of hydrogen-bond donors (Lipinski definition) is 0. The molecule has 2 aromatic heterocycles. The molecule has 7 nitrogen and oxygen atoms in total. The van der Waals surface area contributed by atoms with Crippen molar-refractivity contribution >= 4 is 11.8 Å². The number of piperidine rings is 1. The highest BCUT2D eigenvalue weighted by Gasteiger charge is 2.49. The molecule has 2 aliphatic rings. The fourth-order valence-electron chi connectivity index (χ4n) is 4.15. The first kappa shape index (κ1) is 16.8. The third-order valence-corrected chi connectivity index (χ3v) is 5.54. The molecule has 0 radical (unpaired) electrons. The van der Waals surface area contributed by atoms with Crippen LogP contribution in [0.25, 0.3) is 0 Å². The number of pyridine rings is 1. The van der Waals surface area contributed by atoms with Gasteiger partial charge in [-0.2, -0.15) is 5.10 Å². The van der Waals surface area contributed by atoms with Crippen molar-refractivity contribution in [1.29, 1.82) is 0 Å². The van der Waals surface area contributed by atoms with Gasteiger partial charge >= 0.3 is 0 Å². The lowest BCUT2D eigenvalue weighted by molar-refractivity contribution is -0.138. The van der Waals surface area contributed by atoms with Gasteiger partial charge in [-0.05, 0) is 37.0 Å². The molecule has 0 saturated carbocycles. The normalized spacial score (nSPS) is 23.0. The SMILES string of the molecule is Cn1cc(C(=O)N2CCC[C@@]3(CCN(Cc4ccncc4)C3=O)C2)cn1. The van der Waals surface area contributed by atoms with Crippen molar-refractivity contribution in [3.63, 3.8) is 0 Å². The second kappa shape index (κ2) is 6.55. The number of likely N-dealkylation sites (tertiary alicyclic amines) is 2. The maximum absolute atomic E-state index is 13.2. The Morgan fingerprint density at radius 2 is 2.04 bits per heavy atom. The number of hydrogen-bond acceptors (Lipinski definition) is 4. The lowest BCUT2D eigenvalue weighted by Crippen LogP contribution is -2.49. The molecule has 2 amide bonds. The standard InChI is InChI=1S/C19H23N5O2/c1-22-13-16(11-21-22)17(25)24-9-2-5-19(14-24)6-10-23(18(19)26)12-15-3-7-20-8-4-15/h3-4,7-8,11,13H,2,5-6,9-10,12,14H2,1H3/t19-/m1/s1. The minimum Gasteiger partial charge on any atom is -0.338 e. The zero-order chi connectivity index (χ0) is 18.1. The number of carbonyl (C=O) groups is 2. The molecular formula is C19H23N5O2. The second-order valence-corrected chi connectivity index (χ2v) is 7.35. The van der Waals surface area contributed by atoms with Crippen molar-refractivity contribution in [2.24, 2.45) is 12.5 Å². The van der Waals surface area contributed by atoms with E-state index in [2.05, 4.69) is 10.1 Å². The minimum atomic E-state index is -0.427. The highest BCUT2D eigenvalue weighted by Crippen LogP contribution is 2.41. The third-order valence-electron chi connectivity index (χ3n) is 5.54. The predicted octanol–water partition coefficient (Wildman–Crippen LogP) is 1.47. The first-order valence-electron chi connectivity index (χ1n) is 9.04. The maximum Gasteiger partial charge on any atom is 0.257 e. The highest BCUT2D eigenvalue weighted by atomic mass is 16.2. The average molecular weight is 353 g/mol. The number of aryl methyl sites for hydroxylation is 1. The first-order valence-corrected chi connectivity index (χ1v) is 9.04. The van der Waals surface area contributed by atoms with Crippen LogP contribution < -0.4 is 0 Å². The van der Waals surface area contributed by atoms with Crippen LogP contribution in [0.4, 0.5) is 0 Å². The molecule has 2 aliphatic heterocycles. The van der Waals surface area contributed by atoms with Gasteiger partial charge in [0.25, 0.3) is 5.91 Å². The third kappa shape index (κ3) is 2.98. The van der Waals surface area contributed by atoms with E-state index in [0.29, 0.717) is 25.2 Å². The van der Waals surface area contributed by atoms with Gasteiger partial charge in [-0.25, -0.2) is 0 Å². The van der Waals surface area contributed by atoms with Gasteiger partial charge in [0.15, 0.2) is 0 Å². The zero-order valence-corrected chi connectivity index (χ0v) is 15.0. The monoisotopic (exact) mass is 353 g/mol. The van der Waals surface area contributed by atoms with Crippen LogP contribution in [0.3, 0.4) is 0 Å². The van der Waals surface area contributed by atoms with E-state index >= 15 is 0 Å². The van der Waals surface area contributed by atoms with E-state index in [4.69, 9.17) is 0 Å². The summed E-state index contributed by atoms with van der Waals surface area (Å²) in [6.07, 6.45) is 9.36. The van der Waals surface area contributed by atoms with E-state index < -0.39 is 5.41 Å². The van der Waals surface area contributed by atoms with Crippen molar-refractivity contribution in [2.45, 2.75) is 25.8 Å². The summed E-state index contributed by atoms with van der Waals surface area (Å²) in [6, 6.07) is 3.88. The number of carbonyl (C=O) groups excluding carboxylic acids is 2. The lowest BCUT2D eigenvalue weighted by atomic mass is 9.78. The van der Waals surface area contributed by atoms with Gasteiger partial charge < -0.3 is 9.80 Å². The molecule has 7 heteroatoms. The first-order chi connectivity index (χ1) is 12.6. The van der Waals surface area contributed by atoms with Crippen LogP contribution in [0, 0.1) is 5.41 Å². The molecule has 1 atom stereocenters. The summed E-state index contributed by atoms with van der Waals surface area (Å²) in [5.74, 6) is 0.149. The quantitative estimate of drug-likeness (QED) is 0.838. The van der Waals surface area contributed by atoms with Gasteiger partial charge in [0.05, 0.1) is 17.2 Å². The summed E-state index contributed by atoms with van der Waals surface area (Å²) >= 11 is 0. The Balaban J connectivity index is 1.48. The van der Waals surface area contributed by atoms with E-state index in [1.165, 1.54) is 0 Å². The number of rotatable bonds is 3. The molecule has 0 aliphatic carbocycles. The Morgan fingerprint density at radius 1 is 1.23 bits per heavy atom. The summed E-state index contributed by atoms with van der Waals surface area (Å²) in [4.78, 5) is 33.7. The van der Waals surface area contributed by atoms with Gasteiger partial charge in [0.2, 0.25) is 5.91 Å². The summed E-state index contributed by atoms with van der Waals surface area (Å²) in [5.41, 5.74) is 1.25. The van der Waals surface area contributed by atoms with Gasteiger partial charge in [-0.15, -0.1) is 0 Å². The van der Waals surface area contributed by atoms with Crippen LogP contribution in [-0.2, 0) is 18.4 Å². The Morgan fingerprint density at radius 3 is 2.77 bits per heavy atom. The molecular weight excluding hydrogens is 330 g/mol. The number of amides is 2. The fraction of sp³-hybridized carbons (Fsp3) is 0.474. The van der Waals surface area contributed by atoms with Crippen LogP contribution in [-0.4, -0.2) is 56.0 Å². The molecule has 0 N–H and O–H groups in total. The van der Waals surface area contributed by atoms with Gasteiger partial charge in [-0.1, -0.05) is 0 Å². The van der Waals surface area contributed by atoms with Crippen LogP contribution in [0.15, 0.2) is 36.9 Å². The zero-order valence-electron chi connectivity index (χ0n) is 15.0. The van der Waals surface area contributed by atoms with Crippen LogP contribution in [0.2, 0.25) is 0 Å². The van der Waals surface area contributed by atoms with Gasteiger partial charge in [-0.3, -0.25) is 19.3 Å². The number of aromatic nitrogens is 3. The molecule has 136 valence electrons. The fourth-order valence-corrected chi connectivity index (χ4v) is 4.15. The molecule has 0 aromatic carbocycles. The van der Waals surface area contributed by atoms with Crippen molar-refractivity contribution < 1.29 is 9.59 Å². The highest BCUT2D eigenvalue weighted by molar-refractivity contribution is 5.94. The van der Waals surface area contributed by atoms with Crippen molar-refractivity contribution in [2.75, 3.05) is 19.6 Å². The maximum atomic E-state index is 13.2. The Hall–Kier alpha value is -2.70. The average Bonchev–Trinajstić information content (AvgIpc) is 3.22. The van der Waals surface area contributed by atoms with Crippen LogP contribution in [0.1, 0.15) is 35.2 Å². The smallest absolute Gasteiger partial charge is 0.257 e. The van der Waals surface area contributed by atoms with Gasteiger partial charge in [0, 0.05) is 51.8 Å². The molecule has 2 aromatic rings. The van der Waals surface area contributed by atoms with Crippen molar-refractivity contribution in [3.8, 4) is 0 Å². The molecule has 2 saturated heterocycles. The van der Waals surface area contributed by atoms with Crippen LogP contribution >= 0.6 is 0 Å². The minimum absolute atomic E-state index is 0.0300. The molecule has 0 unspecified atom stereocenters. The van der Waals surface area contributed by atoms with Gasteiger partial charge in [0.1, 0.15) is 0 Å². The summed E-state index contributed by atoms with van der Waals surface area (Å²) in [7, 11) is 1.80. The molecule has 2 fully saturated rings. The molecule has 1 spiro atoms. The lowest BCUT2D eigenvalue weighted by Gasteiger charge is -2.39. The largest absolute Gasteiger partial charge is 0.338 e. The van der Waals surface area contributed by atoms with E-state index in [0.717, 1.165) is 31.4 Å². The summed E-state index contributed by atoms with van der Waals surface area (Å²) < 4.78 is 1.63. The molecule has 26 heavy (non-hydrogen) atoms. The molecule has 4 rings (SSSR count). The number of nitrogens with zero attached hydrogens (tertiary/aromatic N) is 5. The summed E-state index contributed by atoms with van der Waals surface area (Å²) in [5, 5.41) is 4.08. The van der Waals surface area contributed by atoms with E-state index in [1.54, 1.807) is 36.5 Å². The molecule has 4 heterocycles. The van der Waals surface area contributed by atoms with E-state index in [-0.39, 0.29) is 11.8 Å². The Labute approximate surface area is 152 Å². The Bertz CT molecular complexity index is 818. The van der Waals surface area contributed by atoms with Crippen molar-refractivity contribution in [3.05, 3.63) is 48.0 Å². The summed E-state index contributed by atoms with van der Waals surface area (Å²) in [6.45, 7) is 2.56. The predicted molar refractivity (Wildman–Crippen MR) is 95.0 cm³/mol. The Kier molecular flexibility index (Phi) is 4.22. The van der Waals surface area contributed by atoms with Crippen LogP contribution in [0.5, 0.6) is 0 Å². The molecule has 0 bridgehead atoms. The van der Waals surface area contributed by atoms with Crippen molar-refractivity contribution in [1.82, 2.24) is 24.6 Å². The second-order valence-electron chi connectivity index (χ2n) is 7.35. The van der Waals surface area contributed by atoms with E-state index in [1.807, 2.05) is 21.9 Å².